The van der Waals surface area contributed by atoms with E-state index in [2.05, 4.69) is 17.0 Å². The number of hydrogen-bond acceptors (Lipinski definition) is 5. The van der Waals surface area contributed by atoms with E-state index in [1.54, 1.807) is 11.9 Å². The smallest absolute Gasteiger partial charge is 0.457 e. The van der Waals surface area contributed by atoms with Crippen LogP contribution in [0.4, 0.5) is 0 Å². The molecule has 0 N–H and O–H groups in total. The topological polar surface area (TPSA) is 65.2 Å². The maximum atomic E-state index is 13.0. The molecular formula is C27H29N4O3+. The minimum absolute atomic E-state index is 0.00259. The lowest BCUT2D eigenvalue weighted by molar-refractivity contribution is -0.419. The number of rotatable bonds is 5. The molecule has 1 unspecified atom stereocenters. The molecule has 34 heavy (non-hydrogen) atoms. The predicted octanol–water partition coefficient (Wildman–Crippen LogP) is 3.25. The number of piperidine rings is 1. The van der Waals surface area contributed by atoms with Gasteiger partial charge in [-0.3, -0.25) is 19.6 Å². The van der Waals surface area contributed by atoms with Crippen LogP contribution in [0.1, 0.15) is 25.3 Å². The van der Waals surface area contributed by atoms with Crippen LogP contribution in [0.2, 0.25) is 0 Å². The Hall–Kier alpha value is -3.58. The number of dihydropyridines is 1. The normalized spacial score (nSPS) is 21.5. The van der Waals surface area contributed by atoms with E-state index < -0.39 is 18.0 Å². The van der Waals surface area contributed by atoms with Crippen molar-refractivity contribution < 1.29 is 18.9 Å². The van der Waals surface area contributed by atoms with Gasteiger partial charge < -0.3 is 4.74 Å². The van der Waals surface area contributed by atoms with Gasteiger partial charge in [0.1, 0.15) is 18.5 Å². The minimum atomic E-state index is -0.483. The Morgan fingerprint density at radius 2 is 1.74 bits per heavy atom. The third kappa shape index (κ3) is 4.43. The standard InChI is InChI=1S/C27H29N4O3/c1-19-11-12-24-25(28-19)31(27(33)26(32)29(24)2)21-13-15-30(16-14-21)18-20-7-6-10-23(17-20)34-22-8-4-3-5-9-22/h3-12,17,21,25H,13-16,18H2,1-2H3/q+1. The lowest BCUT2D eigenvalue weighted by Gasteiger charge is -2.41. The Morgan fingerprint density at radius 1 is 1.00 bits per heavy atom. The number of benzene rings is 2. The molecule has 174 valence electrons. The van der Waals surface area contributed by atoms with Gasteiger partial charge in [-0.05, 0) is 55.7 Å². The molecule has 7 nitrogen and oxygen atoms in total. The van der Waals surface area contributed by atoms with Crippen molar-refractivity contribution in [1.29, 1.82) is 0 Å². The first-order valence-electron chi connectivity index (χ1n) is 11.7. The highest BCUT2D eigenvalue weighted by molar-refractivity contribution is 6.35. The van der Waals surface area contributed by atoms with E-state index >= 15 is 0 Å². The average Bonchev–Trinajstić information content (AvgIpc) is 2.85. The number of likely N-dealkylation sites (tertiary alicyclic amines) is 1. The third-order valence-corrected chi connectivity index (χ3v) is 6.69. The number of nitrogens with zero attached hydrogens (tertiary/aromatic N) is 4. The molecule has 3 heterocycles. The van der Waals surface area contributed by atoms with E-state index in [1.165, 1.54) is 10.1 Å². The Labute approximate surface area is 199 Å². The highest BCUT2D eigenvalue weighted by atomic mass is 16.5. The quantitative estimate of drug-likeness (QED) is 0.511. The van der Waals surface area contributed by atoms with Crippen LogP contribution in [0.15, 0.2) is 71.7 Å². The molecule has 2 aromatic rings. The summed E-state index contributed by atoms with van der Waals surface area (Å²) >= 11 is 0. The molecule has 3 aliphatic rings. The molecule has 0 aliphatic carbocycles. The van der Waals surface area contributed by atoms with Gasteiger partial charge in [0.05, 0.1) is 0 Å². The van der Waals surface area contributed by atoms with Crippen LogP contribution < -0.4 is 4.74 Å². The average molecular weight is 458 g/mol. The van der Waals surface area contributed by atoms with Gasteiger partial charge in [0, 0.05) is 37.5 Å². The molecule has 1 fully saturated rings. The molecule has 2 amide bonds. The van der Waals surface area contributed by atoms with Gasteiger partial charge in [0.15, 0.2) is 0 Å². The number of likely N-dealkylation sites (N-methyl/N-ethyl adjacent to an activating group) is 1. The first-order chi connectivity index (χ1) is 16.5. The zero-order chi connectivity index (χ0) is 23.7. The van der Waals surface area contributed by atoms with Crippen LogP contribution in [-0.2, 0) is 16.1 Å². The third-order valence-electron chi connectivity index (χ3n) is 6.69. The first kappa shape index (κ1) is 22.2. The van der Waals surface area contributed by atoms with Crippen molar-refractivity contribution in [2.45, 2.75) is 38.5 Å². The lowest BCUT2D eigenvalue weighted by Crippen LogP contribution is -2.61. The number of carbonyl (C=O) groups excluding carboxylic acids is 2. The number of amides is 2. The monoisotopic (exact) mass is 457 g/mol. The molecule has 0 aromatic heterocycles. The fourth-order valence-electron chi connectivity index (χ4n) is 4.88. The van der Waals surface area contributed by atoms with Gasteiger partial charge in [-0.1, -0.05) is 30.3 Å². The summed E-state index contributed by atoms with van der Waals surface area (Å²) in [4.78, 5) is 34.4. The summed E-state index contributed by atoms with van der Waals surface area (Å²) in [7, 11) is 1.65. The van der Waals surface area contributed by atoms with Crippen molar-refractivity contribution in [2.75, 3.05) is 20.1 Å². The van der Waals surface area contributed by atoms with Gasteiger partial charge in [-0.2, -0.15) is 4.58 Å². The Kier molecular flexibility index (Phi) is 6.11. The largest absolute Gasteiger partial charge is 0.477 e. The molecule has 5 rings (SSSR count). The van der Waals surface area contributed by atoms with Crippen molar-refractivity contribution in [1.82, 2.24) is 9.80 Å². The zero-order valence-electron chi connectivity index (χ0n) is 19.6. The molecule has 0 radical (unpaired) electrons. The maximum absolute atomic E-state index is 13.0. The predicted molar refractivity (Wildman–Crippen MR) is 130 cm³/mol. The van der Waals surface area contributed by atoms with Gasteiger partial charge in [0.25, 0.3) is 0 Å². The van der Waals surface area contributed by atoms with E-state index in [9.17, 15) is 9.59 Å². The van der Waals surface area contributed by atoms with Gasteiger partial charge in [-0.15, -0.1) is 0 Å². The molecule has 1 atom stereocenters. The summed E-state index contributed by atoms with van der Waals surface area (Å²) < 4.78 is 7.42. The number of allylic oxidation sites excluding steroid dienone is 1. The van der Waals surface area contributed by atoms with Crippen LogP contribution in [0.25, 0.3) is 0 Å². The van der Waals surface area contributed by atoms with Gasteiger partial charge in [0.2, 0.25) is 11.9 Å². The number of fused-ring (bicyclic) bond motifs is 1. The molecule has 0 saturated carbocycles. The first-order valence-corrected chi connectivity index (χ1v) is 11.7. The second kappa shape index (κ2) is 9.35. The second-order valence-corrected chi connectivity index (χ2v) is 9.05. The lowest BCUT2D eigenvalue weighted by atomic mass is 9.98. The minimum Gasteiger partial charge on any atom is -0.457 e. The van der Waals surface area contributed by atoms with Crippen LogP contribution in [0.5, 0.6) is 11.5 Å². The Bertz CT molecular complexity index is 1190. The molecule has 7 heteroatoms. The van der Waals surface area contributed by atoms with Crippen molar-refractivity contribution in [2.24, 2.45) is 4.99 Å². The number of ether oxygens (including phenoxy) is 1. The highest BCUT2D eigenvalue weighted by Crippen LogP contribution is 2.27. The summed E-state index contributed by atoms with van der Waals surface area (Å²) in [5, 5.41) is 0. The zero-order valence-corrected chi connectivity index (χ0v) is 19.6. The highest BCUT2D eigenvalue weighted by Gasteiger charge is 2.49. The number of para-hydroxylation sites is 1. The van der Waals surface area contributed by atoms with Crippen LogP contribution >= 0.6 is 0 Å². The van der Waals surface area contributed by atoms with Crippen molar-refractivity contribution in [3.8, 4) is 11.5 Å². The van der Waals surface area contributed by atoms with E-state index in [-0.39, 0.29) is 6.04 Å². The summed E-state index contributed by atoms with van der Waals surface area (Å²) in [5.74, 6) is 0.705. The maximum Gasteiger partial charge on any atom is 0.477 e. The van der Waals surface area contributed by atoms with Crippen LogP contribution in [-0.4, -0.2) is 70.0 Å². The fraction of sp³-hybridized carbons (Fsp3) is 0.333. The molecule has 2 aromatic carbocycles. The van der Waals surface area contributed by atoms with Crippen molar-refractivity contribution >= 4 is 23.2 Å². The number of hydrogen-bond donors (Lipinski definition) is 0. The summed E-state index contributed by atoms with van der Waals surface area (Å²) in [6.45, 7) is 4.44. The second-order valence-electron chi connectivity index (χ2n) is 9.05. The molecular weight excluding hydrogens is 428 g/mol. The van der Waals surface area contributed by atoms with E-state index in [1.807, 2.05) is 61.5 Å². The number of aliphatic imine (C=N–C) groups is 1. The summed E-state index contributed by atoms with van der Waals surface area (Å²) in [6.07, 6.45) is 5.01. The molecule has 0 spiro atoms. The Morgan fingerprint density at radius 3 is 2.50 bits per heavy atom. The van der Waals surface area contributed by atoms with Crippen molar-refractivity contribution in [3.05, 3.63) is 72.3 Å². The van der Waals surface area contributed by atoms with Crippen molar-refractivity contribution in [3.63, 3.8) is 0 Å². The fourth-order valence-corrected chi connectivity index (χ4v) is 4.88. The molecule has 3 aliphatic heterocycles. The summed E-state index contributed by atoms with van der Waals surface area (Å²) in [6, 6.07) is 17.9. The summed E-state index contributed by atoms with van der Waals surface area (Å²) in [5.41, 5.74) is 2.82. The van der Waals surface area contributed by atoms with Gasteiger partial charge >= 0.3 is 11.8 Å². The van der Waals surface area contributed by atoms with Crippen LogP contribution in [0.3, 0.4) is 0 Å². The Balaban J connectivity index is 1.24. The van der Waals surface area contributed by atoms with E-state index in [0.29, 0.717) is 0 Å². The number of carbonyl (C=O) groups is 2. The van der Waals surface area contributed by atoms with E-state index in [0.717, 1.165) is 55.4 Å². The van der Waals surface area contributed by atoms with E-state index in [4.69, 9.17) is 9.73 Å². The molecule has 1 saturated heterocycles. The van der Waals surface area contributed by atoms with Gasteiger partial charge in [-0.25, -0.2) is 4.79 Å². The van der Waals surface area contributed by atoms with Crippen LogP contribution in [0, 0.1) is 0 Å². The SMILES string of the molecule is CC1=NC2C(=[N+](C)C(=O)C(=O)N2C2CCN(Cc3cccc(Oc4ccccc4)c3)CC2)C=C1. The molecule has 0 bridgehead atoms.